The molecule has 3 heterocycles. The number of hydrogen-bond acceptors (Lipinski definition) is 2. The standard InChI is InChI=1S/C15H11N3O/c19-15-12-7-10(4-5-11(12)8-16-15)13-9-17-18-6-2-1-3-14(13)18/h1-7,9H,8H2,(H,16,19). The second-order valence-corrected chi connectivity index (χ2v) is 4.64. The maximum atomic E-state index is 11.7. The summed E-state index contributed by atoms with van der Waals surface area (Å²) in [5.41, 5.74) is 4.94. The molecular weight excluding hydrogens is 238 g/mol. The second kappa shape index (κ2) is 3.68. The first-order valence-corrected chi connectivity index (χ1v) is 6.17. The summed E-state index contributed by atoms with van der Waals surface area (Å²) in [5.74, 6) is 0.00771. The highest BCUT2D eigenvalue weighted by Gasteiger charge is 2.19. The molecule has 1 N–H and O–H groups in total. The van der Waals surface area contributed by atoms with Gasteiger partial charge in [0.05, 0.1) is 11.7 Å². The summed E-state index contributed by atoms with van der Waals surface area (Å²) >= 11 is 0. The molecular formula is C15H11N3O. The molecule has 19 heavy (non-hydrogen) atoms. The van der Waals surface area contributed by atoms with Crippen LogP contribution in [-0.2, 0) is 6.54 Å². The molecule has 1 aliphatic heterocycles. The van der Waals surface area contributed by atoms with Crippen molar-refractivity contribution in [3.05, 3.63) is 59.9 Å². The predicted molar refractivity (Wildman–Crippen MR) is 71.8 cm³/mol. The normalized spacial score (nSPS) is 13.6. The molecule has 0 aliphatic carbocycles. The van der Waals surface area contributed by atoms with Crippen molar-refractivity contribution in [2.24, 2.45) is 0 Å². The molecule has 1 amide bonds. The third-order valence-electron chi connectivity index (χ3n) is 3.53. The number of amides is 1. The second-order valence-electron chi connectivity index (χ2n) is 4.64. The summed E-state index contributed by atoms with van der Waals surface area (Å²) in [6.45, 7) is 0.628. The van der Waals surface area contributed by atoms with Crippen LogP contribution in [0.25, 0.3) is 16.6 Å². The van der Waals surface area contributed by atoms with Gasteiger partial charge in [-0.15, -0.1) is 0 Å². The van der Waals surface area contributed by atoms with Crippen LogP contribution in [0.4, 0.5) is 0 Å². The van der Waals surface area contributed by atoms with Crippen LogP contribution in [0.3, 0.4) is 0 Å². The highest BCUT2D eigenvalue weighted by atomic mass is 16.1. The highest BCUT2D eigenvalue weighted by Crippen LogP contribution is 2.28. The number of pyridine rings is 1. The van der Waals surface area contributed by atoms with Crippen LogP contribution < -0.4 is 5.32 Å². The van der Waals surface area contributed by atoms with Gasteiger partial charge in [0.2, 0.25) is 0 Å². The van der Waals surface area contributed by atoms with Crippen LogP contribution in [0.1, 0.15) is 15.9 Å². The van der Waals surface area contributed by atoms with Crippen molar-refractivity contribution in [1.82, 2.24) is 14.9 Å². The van der Waals surface area contributed by atoms with E-state index < -0.39 is 0 Å². The van der Waals surface area contributed by atoms with Crippen molar-refractivity contribution >= 4 is 11.4 Å². The van der Waals surface area contributed by atoms with E-state index in [1.54, 1.807) is 0 Å². The quantitative estimate of drug-likeness (QED) is 0.719. The van der Waals surface area contributed by atoms with E-state index in [2.05, 4.69) is 10.4 Å². The Balaban J connectivity index is 1.93. The van der Waals surface area contributed by atoms with Gasteiger partial charge in [-0.25, -0.2) is 4.52 Å². The third-order valence-corrected chi connectivity index (χ3v) is 3.53. The summed E-state index contributed by atoms with van der Waals surface area (Å²) in [4.78, 5) is 11.7. The summed E-state index contributed by atoms with van der Waals surface area (Å²) in [6.07, 6.45) is 3.75. The largest absolute Gasteiger partial charge is 0.348 e. The number of fused-ring (bicyclic) bond motifs is 2. The van der Waals surface area contributed by atoms with Gasteiger partial charge >= 0.3 is 0 Å². The molecule has 1 aromatic carbocycles. The lowest BCUT2D eigenvalue weighted by molar-refractivity contribution is 0.0966. The van der Waals surface area contributed by atoms with Crippen molar-refractivity contribution < 1.29 is 4.79 Å². The number of rotatable bonds is 1. The topological polar surface area (TPSA) is 46.4 Å². The Bertz CT molecular complexity index is 804. The number of nitrogens with zero attached hydrogens (tertiary/aromatic N) is 2. The molecule has 0 spiro atoms. The van der Waals surface area contributed by atoms with E-state index in [9.17, 15) is 4.79 Å². The first kappa shape index (κ1) is 10.3. The Morgan fingerprint density at radius 3 is 3.05 bits per heavy atom. The SMILES string of the molecule is O=C1NCc2ccc(-c3cnn4ccccc34)cc21. The zero-order chi connectivity index (χ0) is 12.8. The Hall–Kier alpha value is -2.62. The molecule has 2 aromatic heterocycles. The molecule has 0 bridgehead atoms. The number of benzene rings is 1. The van der Waals surface area contributed by atoms with Crippen molar-refractivity contribution in [2.45, 2.75) is 6.54 Å². The minimum atomic E-state index is 0.00771. The molecule has 3 aromatic rings. The maximum absolute atomic E-state index is 11.7. The molecule has 4 rings (SSSR count). The van der Waals surface area contributed by atoms with Crippen LogP contribution >= 0.6 is 0 Å². The summed E-state index contributed by atoms with van der Waals surface area (Å²) < 4.78 is 1.84. The molecule has 0 saturated heterocycles. The molecule has 4 nitrogen and oxygen atoms in total. The summed E-state index contributed by atoms with van der Waals surface area (Å²) in [6, 6.07) is 12.0. The van der Waals surface area contributed by atoms with Gasteiger partial charge in [-0.2, -0.15) is 5.10 Å². The van der Waals surface area contributed by atoms with E-state index in [0.717, 1.165) is 27.8 Å². The monoisotopic (exact) mass is 249 g/mol. The van der Waals surface area contributed by atoms with E-state index in [1.807, 2.05) is 53.3 Å². The van der Waals surface area contributed by atoms with E-state index in [4.69, 9.17) is 0 Å². The molecule has 4 heteroatoms. The first-order valence-electron chi connectivity index (χ1n) is 6.17. The molecule has 0 fully saturated rings. The summed E-state index contributed by atoms with van der Waals surface area (Å²) in [5, 5.41) is 7.16. The lowest BCUT2D eigenvalue weighted by Crippen LogP contribution is -2.12. The highest BCUT2D eigenvalue weighted by molar-refractivity contribution is 6.00. The lowest BCUT2D eigenvalue weighted by atomic mass is 10.0. The number of aromatic nitrogens is 2. The molecule has 0 saturated carbocycles. The van der Waals surface area contributed by atoms with E-state index in [1.165, 1.54) is 0 Å². The van der Waals surface area contributed by atoms with Crippen LogP contribution in [0, 0.1) is 0 Å². The van der Waals surface area contributed by atoms with Crippen molar-refractivity contribution in [2.75, 3.05) is 0 Å². The van der Waals surface area contributed by atoms with E-state index in [0.29, 0.717) is 6.54 Å². The zero-order valence-corrected chi connectivity index (χ0v) is 10.1. The zero-order valence-electron chi connectivity index (χ0n) is 10.1. The summed E-state index contributed by atoms with van der Waals surface area (Å²) in [7, 11) is 0. The molecule has 0 unspecified atom stereocenters. The minimum absolute atomic E-state index is 0.00771. The smallest absolute Gasteiger partial charge is 0.251 e. The Labute approximate surface area is 109 Å². The lowest BCUT2D eigenvalue weighted by Gasteiger charge is -2.02. The van der Waals surface area contributed by atoms with Crippen molar-refractivity contribution in [3.63, 3.8) is 0 Å². The number of carbonyl (C=O) groups excluding carboxylic acids is 1. The molecule has 92 valence electrons. The Morgan fingerprint density at radius 2 is 2.11 bits per heavy atom. The van der Waals surface area contributed by atoms with E-state index in [-0.39, 0.29) is 5.91 Å². The maximum Gasteiger partial charge on any atom is 0.251 e. The van der Waals surface area contributed by atoms with Gasteiger partial charge < -0.3 is 5.32 Å². The van der Waals surface area contributed by atoms with Gasteiger partial charge in [-0.1, -0.05) is 18.2 Å². The third kappa shape index (κ3) is 1.46. The van der Waals surface area contributed by atoms with Gasteiger partial charge in [0, 0.05) is 23.9 Å². The minimum Gasteiger partial charge on any atom is -0.348 e. The Morgan fingerprint density at radius 1 is 1.16 bits per heavy atom. The van der Waals surface area contributed by atoms with Crippen molar-refractivity contribution in [1.29, 1.82) is 0 Å². The fraction of sp³-hybridized carbons (Fsp3) is 0.0667. The molecule has 0 radical (unpaired) electrons. The molecule has 0 atom stereocenters. The van der Waals surface area contributed by atoms with Gasteiger partial charge in [-0.3, -0.25) is 4.79 Å². The molecule has 1 aliphatic rings. The van der Waals surface area contributed by atoms with Crippen LogP contribution in [-0.4, -0.2) is 15.5 Å². The number of carbonyl (C=O) groups is 1. The van der Waals surface area contributed by atoms with Crippen molar-refractivity contribution in [3.8, 4) is 11.1 Å². The average molecular weight is 249 g/mol. The first-order chi connectivity index (χ1) is 9.33. The van der Waals surface area contributed by atoms with Crippen LogP contribution in [0.15, 0.2) is 48.8 Å². The van der Waals surface area contributed by atoms with E-state index >= 15 is 0 Å². The fourth-order valence-electron chi connectivity index (χ4n) is 2.54. The van der Waals surface area contributed by atoms with Gasteiger partial charge in [0.1, 0.15) is 0 Å². The number of nitrogens with one attached hydrogen (secondary N) is 1. The van der Waals surface area contributed by atoms with Gasteiger partial charge in [0.15, 0.2) is 0 Å². The van der Waals surface area contributed by atoms with Crippen LogP contribution in [0.2, 0.25) is 0 Å². The number of hydrogen-bond donors (Lipinski definition) is 1. The van der Waals surface area contributed by atoms with Gasteiger partial charge in [-0.05, 0) is 29.3 Å². The Kier molecular flexibility index (Phi) is 2.00. The average Bonchev–Trinajstić information content (AvgIpc) is 3.03. The van der Waals surface area contributed by atoms with Gasteiger partial charge in [0.25, 0.3) is 5.91 Å². The fourth-order valence-corrected chi connectivity index (χ4v) is 2.54. The van der Waals surface area contributed by atoms with Crippen LogP contribution in [0.5, 0.6) is 0 Å². The predicted octanol–water partition coefficient (Wildman–Crippen LogP) is 2.24.